The Morgan fingerprint density at radius 1 is 1.11 bits per heavy atom. The predicted octanol–water partition coefficient (Wildman–Crippen LogP) is 3.37. The van der Waals surface area contributed by atoms with Gasteiger partial charge in [-0.05, 0) is 30.3 Å². The summed E-state index contributed by atoms with van der Waals surface area (Å²) in [7, 11) is 0. The third-order valence-corrected chi connectivity index (χ3v) is 4.74. The van der Waals surface area contributed by atoms with Gasteiger partial charge in [0.25, 0.3) is 5.56 Å². The summed E-state index contributed by atoms with van der Waals surface area (Å²) in [4.78, 5) is 29.3. The first-order valence-corrected chi connectivity index (χ1v) is 9.45. The highest BCUT2D eigenvalue weighted by atomic mass is 79.9. The number of anilines is 1. The van der Waals surface area contributed by atoms with Crippen LogP contribution in [0.2, 0.25) is 0 Å². The first-order valence-electron chi connectivity index (χ1n) is 8.66. The number of nitrogens with one attached hydrogen (secondary N) is 1. The van der Waals surface area contributed by atoms with Crippen molar-refractivity contribution in [3.63, 3.8) is 0 Å². The number of halogens is 1. The van der Waals surface area contributed by atoms with Gasteiger partial charge in [-0.3, -0.25) is 14.2 Å². The SMILES string of the molecule is O=C(CCn1cnc2c(cnn2-c2ccccc2)c1=O)Nc1cccc(Br)c1. The van der Waals surface area contributed by atoms with Gasteiger partial charge >= 0.3 is 0 Å². The second kappa shape index (κ2) is 7.77. The molecule has 4 aromatic rings. The molecule has 0 unspecified atom stereocenters. The molecule has 7 nitrogen and oxygen atoms in total. The van der Waals surface area contributed by atoms with Gasteiger partial charge in [-0.25, -0.2) is 9.67 Å². The minimum Gasteiger partial charge on any atom is -0.326 e. The molecule has 0 fully saturated rings. The van der Waals surface area contributed by atoms with E-state index < -0.39 is 0 Å². The number of para-hydroxylation sites is 1. The monoisotopic (exact) mass is 437 g/mol. The van der Waals surface area contributed by atoms with Gasteiger partial charge in [0.05, 0.1) is 18.2 Å². The molecule has 2 heterocycles. The fourth-order valence-electron chi connectivity index (χ4n) is 2.88. The van der Waals surface area contributed by atoms with Crippen molar-refractivity contribution in [2.24, 2.45) is 0 Å². The number of fused-ring (bicyclic) bond motifs is 1. The zero-order chi connectivity index (χ0) is 19.5. The number of amides is 1. The molecule has 28 heavy (non-hydrogen) atoms. The zero-order valence-corrected chi connectivity index (χ0v) is 16.3. The van der Waals surface area contributed by atoms with Crippen LogP contribution >= 0.6 is 15.9 Å². The van der Waals surface area contributed by atoms with Crippen LogP contribution in [0.4, 0.5) is 5.69 Å². The first kappa shape index (κ1) is 18.1. The fraction of sp³-hybridized carbons (Fsp3) is 0.100. The highest BCUT2D eigenvalue weighted by Gasteiger charge is 2.12. The molecule has 2 aromatic heterocycles. The van der Waals surface area contributed by atoms with Crippen LogP contribution in [0.1, 0.15) is 6.42 Å². The average molecular weight is 438 g/mol. The topological polar surface area (TPSA) is 81.8 Å². The van der Waals surface area contributed by atoms with Crippen LogP contribution in [-0.4, -0.2) is 25.2 Å². The number of hydrogen-bond donors (Lipinski definition) is 1. The summed E-state index contributed by atoms with van der Waals surface area (Å²) in [6.07, 6.45) is 3.13. The molecule has 0 bridgehead atoms. The third-order valence-electron chi connectivity index (χ3n) is 4.24. The van der Waals surface area contributed by atoms with E-state index in [-0.39, 0.29) is 24.4 Å². The summed E-state index contributed by atoms with van der Waals surface area (Å²) in [6.45, 7) is 0.234. The summed E-state index contributed by atoms with van der Waals surface area (Å²) in [5.74, 6) is -0.176. The number of carbonyl (C=O) groups is 1. The van der Waals surface area contributed by atoms with Gasteiger partial charge in [0, 0.05) is 23.1 Å². The molecule has 140 valence electrons. The summed E-state index contributed by atoms with van der Waals surface area (Å²) in [5, 5.41) is 7.51. The lowest BCUT2D eigenvalue weighted by molar-refractivity contribution is -0.116. The van der Waals surface area contributed by atoms with Crippen LogP contribution in [-0.2, 0) is 11.3 Å². The standard InChI is InChI=1S/C20H16BrN5O2/c21-14-5-4-6-15(11-14)24-18(27)9-10-25-13-22-19-17(20(25)28)12-23-26(19)16-7-2-1-3-8-16/h1-8,11-13H,9-10H2,(H,24,27). The van der Waals surface area contributed by atoms with E-state index in [2.05, 4.69) is 31.3 Å². The van der Waals surface area contributed by atoms with Crippen LogP contribution < -0.4 is 10.9 Å². The molecule has 2 aromatic carbocycles. The van der Waals surface area contributed by atoms with E-state index in [1.165, 1.54) is 17.1 Å². The average Bonchev–Trinajstić information content (AvgIpc) is 3.13. The van der Waals surface area contributed by atoms with Crippen molar-refractivity contribution < 1.29 is 4.79 Å². The van der Waals surface area contributed by atoms with E-state index in [0.717, 1.165) is 10.2 Å². The Morgan fingerprint density at radius 3 is 2.71 bits per heavy atom. The van der Waals surface area contributed by atoms with E-state index >= 15 is 0 Å². The van der Waals surface area contributed by atoms with E-state index in [4.69, 9.17) is 0 Å². The minimum absolute atomic E-state index is 0.159. The number of hydrogen-bond acceptors (Lipinski definition) is 4. The van der Waals surface area contributed by atoms with Gasteiger partial charge in [0.1, 0.15) is 5.39 Å². The van der Waals surface area contributed by atoms with E-state index in [0.29, 0.717) is 16.7 Å². The lowest BCUT2D eigenvalue weighted by Gasteiger charge is -2.08. The van der Waals surface area contributed by atoms with Gasteiger partial charge < -0.3 is 5.32 Å². The minimum atomic E-state index is -0.220. The number of rotatable bonds is 5. The second-order valence-electron chi connectivity index (χ2n) is 6.18. The van der Waals surface area contributed by atoms with Gasteiger partial charge in [-0.2, -0.15) is 5.10 Å². The maximum absolute atomic E-state index is 12.7. The van der Waals surface area contributed by atoms with Gasteiger partial charge in [0.2, 0.25) is 5.91 Å². The van der Waals surface area contributed by atoms with Crippen molar-refractivity contribution in [3.8, 4) is 5.69 Å². The Morgan fingerprint density at radius 2 is 1.93 bits per heavy atom. The maximum Gasteiger partial charge on any atom is 0.264 e. The van der Waals surface area contributed by atoms with Crippen LogP contribution in [0.15, 0.2) is 76.4 Å². The quantitative estimate of drug-likeness (QED) is 0.518. The van der Waals surface area contributed by atoms with Gasteiger partial charge in [-0.15, -0.1) is 0 Å². The molecule has 0 atom stereocenters. The Hall–Kier alpha value is -3.26. The van der Waals surface area contributed by atoms with Gasteiger partial charge in [0.15, 0.2) is 5.65 Å². The Balaban J connectivity index is 1.51. The molecule has 0 aliphatic rings. The number of aromatic nitrogens is 4. The maximum atomic E-state index is 12.7. The second-order valence-corrected chi connectivity index (χ2v) is 7.10. The van der Waals surface area contributed by atoms with Crippen molar-refractivity contribution in [2.75, 3.05) is 5.32 Å². The predicted molar refractivity (Wildman–Crippen MR) is 111 cm³/mol. The molecule has 0 radical (unpaired) electrons. The van der Waals surface area contributed by atoms with Crippen LogP contribution in [0.3, 0.4) is 0 Å². The highest BCUT2D eigenvalue weighted by molar-refractivity contribution is 9.10. The lowest BCUT2D eigenvalue weighted by atomic mass is 10.3. The van der Waals surface area contributed by atoms with E-state index in [9.17, 15) is 9.59 Å². The number of benzene rings is 2. The first-order chi connectivity index (χ1) is 13.6. The Bertz CT molecular complexity index is 1200. The lowest BCUT2D eigenvalue weighted by Crippen LogP contribution is -2.23. The van der Waals surface area contributed by atoms with Gasteiger partial charge in [-0.1, -0.05) is 40.2 Å². The summed E-state index contributed by atoms with van der Waals surface area (Å²) in [5.41, 5.74) is 1.80. The molecule has 1 amide bonds. The van der Waals surface area contributed by atoms with Crippen molar-refractivity contribution >= 4 is 38.6 Å². The molecule has 4 rings (SSSR count). The van der Waals surface area contributed by atoms with Crippen LogP contribution in [0.25, 0.3) is 16.7 Å². The van der Waals surface area contributed by atoms with E-state index in [1.807, 2.05) is 48.5 Å². The number of nitrogens with zero attached hydrogens (tertiary/aromatic N) is 4. The summed E-state index contributed by atoms with van der Waals surface area (Å²) < 4.78 is 3.94. The third kappa shape index (κ3) is 3.72. The van der Waals surface area contributed by atoms with Crippen molar-refractivity contribution in [3.05, 3.63) is 81.9 Å². The van der Waals surface area contributed by atoms with Crippen molar-refractivity contribution in [1.82, 2.24) is 19.3 Å². The molecule has 0 spiro atoms. The summed E-state index contributed by atoms with van der Waals surface area (Å²) >= 11 is 3.37. The molecule has 8 heteroatoms. The zero-order valence-electron chi connectivity index (χ0n) is 14.7. The summed E-state index contributed by atoms with van der Waals surface area (Å²) in [6, 6.07) is 16.8. The number of aryl methyl sites for hydroxylation is 1. The highest BCUT2D eigenvalue weighted by Crippen LogP contribution is 2.16. The fourth-order valence-corrected chi connectivity index (χ4v) is 3.28. The molecule has 0 aliphatic heterocycles. The Kier molecular flexibility index (Phi) is 5.03. The van der Waals surface area contributed by atoms with Crippen LogP contribution in [0, 0.1) is 0 Å². The molecule has 0 saturated carbocycles. The molecular weight excluding hydrogens is 422 g/mol. The largest absolute Gasteiger partial charge is 0.326 e. The smallest absolute Gasteiger partial charge is 0.264 e. The van der Waals surface area contributed by atoms with Crippen molar-refractivity contribution in [2.45, 2.75) is 13.0 Å². The van der Waals surface area contributed by atoms with Crippen molar-refractivity contribution in [1.29, 1.82) is 0 Å². The number of carbonyl (C=O) groups excluding carboxylic acids is 1. The van der Waals surface area contributed by atoms with E-state index in [1.54, 1.807) is 10.7 Å². The molecular formula is C20H16BrN5O2. The molecule has 0 saturated heterocycles. The normalized spacial score (nSPS) is 10.9. The Labute approximate surface area is 168 Å². The molecule has 0 aliphatic carbocycles. The molecule has 1 N–H and O–H groups in total. The van der Waals surface area contributed by atoms with Crippen LogP contribution in [0.5, 0.6) is 0 Å².